The van der Waals surface area contributed by atoms with Gasteiger partial charge in [-0.2, -0.15) is 4.98 Å². The molecule has 0 saturated carbocycles. The van der Waals surface area contributed by atoms with Crippen LogP contribution >= 0.6 is 15.9 Å². The van der Waals surface area contributed by atoms with E-state index in [4.69, 9.17) is 10.9 Å². The van der Waals surface area contributed by atoms with Gasteiger partial charge in [-0.3, -0.25) is 4.90 Å². The van der Waals surface area contributed by atoms with Gasteiger partial charge in [-0.25, -0.2) is 18.7 Å². The van der Waals surface area contributed by atoms with E-state index in [1.165, 1.54) is 5.56 Å². The lowest BCUT2D eigenvalue weighted by molar-refractivity contribution is 0.113. The Balaban J connectivity index is 1.54. The predicted octanol–water partition coefficient (Wildman–Crippen LogP) is 3.03. The van der Waals surface area contributed by atoms with Crippen LogP contribution in [0.1, 0.15) is 36.9 Å². The van der Waals surface area contributed by atoms with Crippen molar-refractivity contribution in [2.75, 3.05) is 23.7 Å². The lowest BCUT2D eigenvalue weighted by Crippen LogP contribution is -2.46. The summed E-state index contributed by atoms with van der Waals surface area (Å²) in [6.07, 6.45) is 1.90. The van der Waals surface area contributed by atoms with Crippen LogP contribution in [-0.2, 0) is 16.6 Å². The third-order valence-corrected chi connectivity index (χ3v) is 7.63. The summed E-state index contributed by atoms with van der Waals surface area (Å²) in [5, 5.41) is 12.1. The summed E-state index contributed by atoms with van der Waals surface area (Å²) in [7, 11) is -3.71. The molecule has 33 heavy (non-hydrogen) atoms. The number of H-pyrrole nitrogens is 1. The van der Waals surface area contributed by atoms with Crippen molar-refractivity contribution >= 4 is 37.8 Å². The van der Waals surface area contributed by atoms with Crippen LogP contribution in [0.25, 0.3) is 0 Å². The van der Waals surface area contributed by atoms with E-state index in [1.54, 1.807) is 12.1 Å². The summed E-state index contributed by atoms with van der Waals surface area (Å²) in [6, 6.07) is 15.7. The molecule has 11 heteroatoms. The Morgan fingerprint density at radius 1 is 1.15 bits per heavy atom. The minimum absolute atomic E-state index is 0.123. The van der Waals surface area contributed by atoms with Crippen molar-refractivity contribution in [3.8, 4) is 0 Å². The fourth-order valence-electron chi connectivity index (χ4n) is 4.31. The topological polar surface area (TPSA) is 134 Å². The van der Waals surface area contributed by atoms with Crippen molar-refractivity contribution in [1.29, 1.82) is 0 Å². The zero-order valence-corrected chi connectivity index (χ0v) is 20.8. The Morgan fingerprint density at radius 3 is 2.33 bits per heavy atom. The third-order valence-electron chi connectivity index (χ3n) is 6.17. The van der Waals surface area contributed by atoms with Crippen LogP contribution in [0.4, 0.5) is 11.9 Å². The monoisotopic (exact) mass is 533 g/mol. The number of aromatic nitrogens is 3. The van der Waals surface area contributed by atoms with Crippen molar-refractivity contribution in [2.24, 2.45) is 5.14 Å². The molecule has 1 unspecified atom stereocenters. The molecule has 0 aliphatic carbocycles. The quantitative estimate of drug-likeness (QED) is 0.424. The predicted molar refractivity (Wildman–Crippen MR) is 132 cm³/mol. The van der Waals surface area contributed by atoms with Gasteiger partial charge in [0.15, 0.2) is 0 Å². The highest BCUT2D eigenvalue weighted by Gasteiger charge is 2.30. The van der Waals surface area contributed by atoms with Crippen LogP contribution in [-0.4, -0.2) is 47.6 Å². The molecular formula is C22H28BrN7O2S. The maximum absolute atomic E-state index is 11.6. The van der Waals surface area contributed by atoms with Gasteiger partial charge in [0.25, 0.3) is 0 Å². The standard InChI is InChI=1S/C22H28BrN7O2S/c1-15(17-4-6-18(23)7-5-17)30(14-16-2-8-20(9-3-16)33(25,31)32)19-10-12-29(13-11-19)22-26-21(24)27-28-22/h2-9,15,19H,10-14H2,1H3,(H2,25,31,32)(H3,24,26,27,28). The Bertz CT molecular complexity index is 1170. The summed E-state index contributed by atoms with van der Waals surface area (Å²) in [5.41, 5.74) is 7.95. The van der Waals surface area contributed by atoms with Crippen molar-refractivity contribution < 1.29 is 8.42 Å². The molecule has 1 aliphatic rings. The molecule has 1 atom stereocenters. The molecule has 5 N–H and O–H groups in total. The first-order valence-corrected chi connectivity index (χ1v) is 13.1. The number of benzene rings is 2. The SMILES string of the molecule is CC(c1ccc(Br)cc1)N(Cc1ccc(S(N)(=O)=O)cc1)C1CCN(c2n[nH]c(N)n2)CC1. The first kappa shape index (κ1) is 23.7. The first-order chi connectivity index (χ1) is 15.7. The van der Waals surface area contributed by atoms with E-state index in [0.717, 1.165) is 36.0 Å². The molecule has 2 heterocycles. The average molecular weight is 534 g/mol. The van der Waals surface area contributed by atoms with Crippen molar-refractivity contribution in [3.63, 3.8) is 0 Å². The molecule has 0 spiro atoms. The molecule has 0 bridgehead atoms. The van der Waals surface area contributed by atoms with Crippen LogP contribution in [0, 0.1) is 0 Å². The molecule has 0 radical (unpaired) electrons. The highest BCUT2D eigenvalue weighted by molar-refractivity contribution is 9.10. The third kappa shape index (κ3) is 5.72. The van der Waals surface area contributed by atoms with E-state index >= 15 is 0 Å². The zero-order valence-electron chi connectivity index (χ0n) is 18.4. The number of sulfonamides is 1. The van der Waals surface area contributed by atoms with Gasteiger partial charge in [0, 0.05) is 36.2 Å². The van der Waals surface area contributed by atoms with Crippen LogP contribution in [0.3, 0.4) is 0 Å². The first-order valence-electron chi connectivity index (χ1n) is 10.8. The summed E-state index contributed by atoms with van der Waals surface area (Å²) >= 11 is 3.51. The Hall–Kier alpha value is -2.47. The Morgan fingerprint density at radius 2 is 1.79 bits per heavy atom. The molecule has 3 aromatic rings. The largest absolute Gasteiger partial charge is 0.368 e. The Kier molecular flexibility index (Phi) is 7.03. The highest BCUT2D eigenvalue weighted by Crippen LogP contribution is 2.31. The van der Waals surface area contributed by atoms with E-state index < -0.39 is 10.0 Å². The summed E-state index contributed by atoms with van der Waals surface area (Å²) in [4.78, 5) is 9.00. The van der Waals surface area contributed by atoms with Gasteiger partial charge in [-0.05, 0) is 55.2 Å². The second-order valence-electron chi connectivity index (χ2n) is 8.33. The molecule has 176 valence electrons. The molecule has 2 aromatic carbocycles. The molecule has 4 rings (SSSR count). The molecule has 1 aliphatic heterocycles. The van der Waals surface area contributed by atoms with Gasteiger partial charge in [0.1, 0.15) is 0 Å². The molecule has 9 nitrogen and oxygen atoms in total. The molecule has 1 aromatic heterocycles. The minimum Gasteiger partial charge on any atom is -0.368 e. The van der Waals surface area contributed by atoms with E-state index in [0.29, 0.717) is 24.5 Å². The van der Waals surface area contributed by atoms with Gasteiger partial charge < -0.3 is 10.6 Å². The summed E-state index contributed by atoms with van der Waals surface area (Å²) < 4.78 is 24.3. The van der Waals surface area contributed by atoms with Crippen molar-refractivity contribution in [3.05, 3.63) is 64.1 Å². The number of nitrogens with one attached hydrogen (secondary N) is 1. The fourth-order valence-corrected chi connectivity index (χ4v) is 5.09. The van der Waals surface area contributed by atoms with Crippen LogP contribution in [0.2, 0.25) is 0 Å². The van der Waals surface area contributed by atoms with Crippen molar-refractivity contribution in [2.45, 2.75) is 43.3 Å². The second-order valence-corrected chi connectivity index (χ2v) is 10.8. The number of aromatic amines is 1. The Labute approximate surface area is 202 Å². The number of halogens is 1. The second kappa shape index (κ2) is 9.80. The normalized spacial score (nSPS) is 16.3. The van der Waals surface area contributed by atoms with Crippen molar-refractivity contribution in [1.82, 2.24) is 20.1 Å². The molecular weight excluding hydrogens is 506 g/mol. The van der Waals surface area contributed by atoms with Gasteiger partial charge in [0.05, 0.1) is 4.90 Å². The number of piperidine rings is 1. The van der Waals surface area contributed by atoms with Gasteiger partial charge >= 0.3 is 0 Å². The molecule has 1 saturated heterocycles. The molecule has 0 amide bonds. The summed E-state index contributed by atoms with van der Waals surface area (Å²) in [5.74, 6) is 0.956. The van der Waals surface area contributed by atoms with E-state index in [-0.39, 0.29) is 10.9 Å². The van der Waals surface area contributed by atoms with Gasteiger partial charge in [0.2, 0.25) is 21.9 Å². The smallest absolute Gasteiger partial charge is 0.246 e. The average Bonchev–Trinajstić information content (AvgIpc) is 3.24. The number of nitrogens with two attached hydrogens (primary N) is 2. The van der Waals surface area contributed by atoms with E-state index in [1.807, 2.05) is 12.1 Å². The number of primary sulfonamides is 1. The number of nitrogens with zero attached hydrogens (tertiary/aromatic N) is 4. The van der Waals surface area contributed by atoms with Crippen LogP contribution < -0.4 is 15.8 Å². The zero-order chi connectivity index (χ0) is 23.6. The lowest BCUT2D eigenvalue weighted by Gasteiger charge is -2.41. The molecule has 1 fully saturated rings. The van der Waals surface area contributed by atoms with Gasteiger partial charge in [-0.1, -0.05) is 40.2 Å². The number of hydrogen-bond acceptors (Lipinski definition) is 7. The minimum atomic E-state index is -3.71. The maximum atomic E-state index is 11.6. The van der Waals surface area contributed by atoms with Gasteiger partial charge in [-0.15, -0.1) is 5.10 Å². The van der Waals surface area contributed by atoms with Crippen LogP contribution in [0.15, 0.2) is 57.9 Å². The summed E-state index contributed by atoms with van der Waals surface area (Å²) in [6.45, 7) is 4.57. The number of anilines is 2. The van der Waals surface area contributed by atoms with E-state index in [2.05, 4.69) is 72.1 Å². The number of nitrogen functional groups attached to an aromatic ring is 1. The van der Waals surface area contributed by atoms with Crippen LogP contribution in [0.5, 0.6) is 0 Å². The maximum Gasteiger partial charge on any atom is 0.246 e. The fraction of sp³-hybridized carbons (Fsp3) is 0.364. The lowest BCUT2D eigenvalue weighted by atomic mass is 9.97. The number of hydrogen-bond donors (Lipinski definition) is 3. The van der Waals surface area contributed by atoms with E-state index in [9.17, 15) is 8.42 Å². The highest BCUT2D eigenvalue weighted by atomic mass is 79.9. The number of rotatable bonds is 7.